The first-order valence-corrected chi connectivity index (χ1v) is 8.73. The Bertz CT molecular complexity index is 633. The maximum atomic E-state index is 12.9. The normalized spacial score (nSPS) is 11.6. The van der Waals surface area contributed by atoms with Crippen LogP contribution < -0.4 is 5.32 Å². The van der Waals surface area contributed by atoms with Gasteiger partial charge >= 0.3 is 6.09 Å². The molecule has 0 aromatic carbocycles. The Morgan fingerprint density at radius 1 is 1.35 bits per heavy atom. The average molecular weight is 359 g/mol. The second kappa shape index (κ2) is 10.4. The van der Waals surface area contributed by atoms with Crippen molar-refractivity contribution in [1.82, 2.24) is 15.2 Å². The van der Waals surface area contributed by atoms with Crippen LogP contribution in [0.2, 0.25) is 0 Å². The van der Waals surface area contributed by atoms with Crippen molar-refractivity contribution in [3.8, 4) is 0 Å². The fourth-order valence-corrected chi connectivity index (χ4v) is 2.20. The monoisotopic (exact) mass is 359 g/mol. The number of ether oxygens (including phenoxy) is 1. The van der Waals surface area contributed by atoms with E-state index in [1.54, 1.807) is 44.9 Å². The van der Waals surface area contributed by atoms with Crippen LogP contribution in [0.3, 0.4) is 0 Å². The van der Waals surface area contributed by atoms with Gasteiger partial charge in [0.1, 0.15) is 11.3 Å². The van der Waals surface area contributed by atoms with Crippen molar-refractivity contribution in [3.05, 3.63) is 54.5 Å². The third kappa shape index (κ3) is 7.96. The molecule has 0 aliphatic heterocycles. The molecule has 0 aliphatic carbocycles. The van der Waals surface area contributed by atoms with E-state index in [0.717, 1.165) is 18.5 Å². The van der Waals surface area contributed by atoms with E-state index in [4.69, 9.17) is 4.74 Å². The molecule has 1 aromatic rings. The van der Waals surface area contributed by atoms with Gasteiger partial charge in [0.2, 0.25) is 0 Å². The van der Waals surface area contributed by atoms with Crippen molar-refractivity contribution in [3.63, 3.8) is 0 Å². The molecule has 1 aromatic heterocycles. The molecule has 0 fully saturated rings. The SMILES string of the molecule is C=CCCCN(Cc1ccccn1)C(=O)/C(=C\C)NC(=O)OC(C)(C)C. The molecule has 1 rings (SSSR count). The predicted molar refractivity (Wildman–Crippen MR) is 102 cm³/mol. The minimum Gasteiger partial charge on any atom is -0.444 e. The standard InChI is InChI=1S/C20H29N3O3/c1-6-8-11-14-23(15-16-12-9-10-13-21-16)18(24)17(7-2)22-19(25)26-20(3,4)5/h6-7,9-10,12-13H,1,8,11,14-15H2,2-5H3,(H,22,25)/b17-7+. The Kier molecular flexibility index (Phi) is 8.55. The van der Waals surface area contributed by atoms with Crippen molar-refractivity contribution in [2.75, 3.05) is 6.54 Å². The molecule has 1 N–H and O–H groups in total. The van der Waals surface area contributed by atoms with E-state index in [9.17, 15) is 9.59 Å². The van der Waals surface area contributed by atoms with Gasteiger partial charge in [-0.3, -0.25) is 15.1 Å². The summed E-state index contributed by atoms with van der Waals surface area (Å²) in [5.74, 6) is -0.270. The van der Waals surface area contributed by atoms with E-state index in [0.29, 0.717) is 13.1 Å². The van der Waals surface area contributed by atoms with Gasteiger partial charge in [-0.25, -0.2) is 4.79 Å². The first-order chi connectivity index (χ1) is 12.3. The Balaban J connectivity index is 2.86. The molecule has 0 aliphatic rings. The van der Waals surface area contributed by atoms with Crippen LogP contribution in [0.4, 0.5) is 4.79 Å². The third-order valence-electron chi connectivity index (χ3n) is 3.36. The fourth-order valence-electron chi connectivity index (χ4n) is 2.20. The quantitative estimate of drug-likeness (QED) is 0.435. The number of carbonyl (C=O) groups is 2. The molecule has 1 heterocycles. The van der Waals surface area contributed by atoms with Gasteiger partial charge in [0, 0.05) is 12.7 Å². The Labute approximate surface area is 155 Å². The zero-order valence-corrected chi connectivity index (χ0v) is 16.1. The van der Waals surface area contributed by atoms with E-state index in [-0.39, 0.29) is 11.6 Å². The summed E-state index contributed by atoms with van der Waals surface area (Å²) < 4.78 is 5.23. The van der Waals surface area contributed by atoms with Gasteiger partial charge < -0.3 is 9.64 Å². The van der Waals surface area contributed by atoms with Gasteiger partial charge in [0.05, 0.1) is 12.2 Å². The van der Waals surface area contributed by atoms with E-state index in [1.807, 2.05) is 24.3 Å². The molecule has 6 nitrogen and oxygen atoms in total. The fraction of sp³-hybridized carbons (Fsp3) is 0.450. The maximum Gasteiger partial charge on any atom is 0.412 e. The van der Waals surface area contributed by atoms with Crippen molar-refractivity contribution in [2.45, 2.75) is 52.7 Å². The molecule has 0 bridgehead atoms. The number of nitrogens with one attached hydrogen (secondary N) is 1. The van der Waals surface area contributed by atoms with E-state index in [2.05, 4.69) is 16.9 Å². The van der Waals surface area contributed by atoms with Crippen LogP contribution in [0.1, 0.15) is 46.2 Å². The van der Waals surface area contributed by atoms with Gasteiger partial charge in [-0.05, 0) is 52.7 Å². The Morgan fingerprint density at radius 3 is 2.62 bits per heavy atom. The minimum absolute atomic E-state index is 0.189. The molecular formula is C20H29N3O3. The summed E-state index contributed by atoms with van der Waals surface area (Å²) in [6, 6.07) is 5.57. The number of amides is 2. The van der Waals surface area contributed by atoms with Crippen molar-refractivity contribution < 1.29 is 14.3 Å². The number of rotatable bonds is 8. The zero-order valence-electron chi connectivity index (χ0n) is 16.1. The summed E-state index contributed by atoms with van der Waals surface area (Å²) >= 11 is 0. The highest BCUT2D eigenvalue weighted by atomic mass is 16.6. The summed E-state index contributed by atoms with van der Waals surface area (Å²) in [4.78, 5) is 30.9. The molecule has 0 radical (unpaired) electrons. The molecule has 0 atom stereocenters. The second-order valence-corrected chi connectivity index (χ2v) is 6.81. The number of hydrogen-bond acceptors (Lipinski definition) is 4. The highest BCUT2D eigenvalue weighted by molar-refractivity contribution is 5.96. The maximum absolute atomic E-state index is 12.9. The summed E-state index contributed by atoms with van der Waals surface area (Å²) in [5.41, 5.74) is 0.338. The number of unbranched alkanes of at least 4 members (excludes halogenated alkanes) is 1. The minimum atomic E-state index is -0.650. The molecule has 0 saturated heterocycles. The smallest absolute Gasteiger partial charge is 0.412 e. The Hall–Kier alpha value is -2.63. The summed E-state index contributed by atoms with van der Waals surface area (Å²) in [5, 5.41) is 2.55. The number of alkyl carbamates (subject to hydrolysis) is 1. The highest BCUT2D eigenvalue weighted by Crippen LogP contribution is 2.10. The average Bonchev–Trinajstić information content (AvgIpc) is 2.57. The number of carbonyl (C=O) groups excluding carboxylic acids is 2. The zero-order chi connectivity index (χ0) is 19.6. The van der Waals surface area contributed by atoms with Crippen molar-refractivity contribution in [1.29, 1.82) is 0 Å². The van der Waals surface area contributed by atoms with Gasteiger partial charge in [-0.1, -0.05) is 18.2 Å². The first kappa shape index (κ1) is 21.4. The van der Waals surface area contributed by atoms with Crippen LogP contribution in [0.25, 0.3) is 0 Å². The first-order valence-electron chi connectivity index (χ1n) is 8.73. The highest BCUT2D eigenvalue weighted by Gasteiger charge is 2.23. The molecular weight excluding hydrogens is 330 g/mol. The number of nitrogens with zero attached hydrogens (tertiary/aromatic N) is 2. The number of allylic oxidation sites excluding steroid dienone is 2. The molecule has 6 heteroatoms. The largest absolute Gasteiger partial charge is 0.444 e. The van der Waals surface area contributed by atoms with Crippen LogP contribution in [-0.2, 0) is 16.1 Å². The summed E-state index contributed by atoms with van der Waals surface area (Å²) in [6.07, 6.45) is 6.02. The lowest BCUT2D eigenvalue weighted by atomic mass is 10.2. The Morgan fingerprint density at radius 2 is 2.08 bits per heavy atom. The molecule has 2 amide bonds. The summed E-state index contributed by atoms with van der Waals surface area (Å²) in [6.45, 7) is 11.6. The second-order valence-electron chi connectivity index (χ2n) is 6.81. The van der Waals surface area contributed by atoms with Crippen molar-refractivity contribution >= 4 is 12.0 Å². The van der Waals surface area contributed by atoms with Gasteiger partial charge in [-0.2, -0.15) is 0 Å². The lowest BCUT2D eigenvalue weighted by Gasteiger charge is -2.25. The lowest BCUT2D eigenvalue weighted by Crippen LogP contribution is -2.40. The van der Waals surface area contributed by atoms with Crippen LogP contribution in [0.5, 0.6) is 0 Å². The van der Waals surface area contributed by atoms with E-state index >= 15 is 0 Å². The molecule has 0 unspecified atom stereocenters. The van der Waals surface area contributed by atoms with Crippen LogP contribution in [0.15, 0.2) is 48.8 Å². The van der Waals surface area contributed by atoms with E-state index < -0.39 is 11.7 Å². The van der Waals surface area contributed by atoms with Gasteiger partial charge in [0.25, 0.3) is 5.91 Å². The summed E-state index contributed by atoms with van der Waals surface area (Å²) in [7, 11) is 0. The van der Waals surface area contributed by atoms with Crippen molar-refractivity contribution in [2.24, 2.45) is 0 Å². The molecule has 142 valence electrons. The topological polar surface area (TPSA) is 71.5 Å². The number of pyridine rings is 1. The van der Waals surface area contributed by atoms with Crippen LogP contribution >= 0.6 is 0 Å². The van der Waals surface area contributed by atoms with E-state index in [1.165, 1.54) is 0 Å². The van der Waals surface area contributed by atoms with Crippen LogP contribution in [-0.4, -0.2) is 34.0 Å². The molecule has 0 spiro atoms. The molecule has 0 saturated carbocycles. The lowest BCUT2D eigenvalue weighted by molar-refractivity contribution is -0.128. The molecule has 26 heavy (non-hydrogen) atoms. The third-order valence-corrected chi connectivity index (χ3v) is 3.36. The predicted octanol–water partition coefficient (Wildman–Crippen LogP) is 3.80. The van der Waals surface area contributed by atoms with Crippen LogP contribution in [0, 0.1) is 0 Å². The van der Waals surface area contributed by atoms with Gasteiger partial charge in [0.15, 0.2) is 0 Å². The number of aromatic nitrogens is 1. The van der Waals surface area contributed by atoms with Gasteiger partial charge in [-0.15, -0.1) is 6.58 Å². The number of hydrogen-bond donors (Lipinski definition) is 1.